The van der Waals surface area contributed by atoms with Crippen LogP contribution in [0.25, 0.3) is 11.0 Å². The maximum Gasteiger partial charge on any atom is 0.307 e. The largest absolute Gasteiger partial charge is 0.493 e. The Balaban J connectivity index is 1.39. The van der Waals surface area contributed by atoms with Gasteiger partial charge in [-0.1, -0.05) is 48.5 Å². The average Bonchev–Trinajstić information content (AvgIpc) is 3.23. The standard InChI is InChI=1S/C24H20N2O4/c1-28-22-13-18(11-12-21(22)29-16-17-7-3-2-4-8-17)15-25-26-24(27)23-14-19-9-5-6-10-20(19)30-23/h2-15H,16H2,1H3,(H,26,27)/b25-15+. The predicted octanol–water partition coefficient (Wildman–Crippen LogP) is 4.78. The third-order valence-corrected chi connectivity index (χ3v) is 4.45. The van der Waals surface area contributed by atoms with E-state index < -0.39 is 5.91 Å². The molecule has 0 spiro atoms. The number of hydrogen-bond acceptors (Lipinski definition) is 5. The van der Waals surface area contributed by atoms with Crippen molar-refractivity contribution < 1.29 is 18.7 Å². The summed E-state index contributed by atoms with van der Waals surface area (Å²) in [6.45, 7) is 0.443. The SMILES string of the molecule is COc1cc(/C=N/NC(=O)c2cc3ccccc3o2)ccc1OCc1ccccc1. The lowest BCUT2D eigenvalue weighted by molar-refractivity contribution is 0.0929. The molecule has 30 heavy (non-hydrogen) atoms. The Morgan fingerprint density at radius 3 is 2.60 bits per heavy atom. The molecule has 1 amide bonds. The normalized spacial score (nSPS) is 11.0. The van der Waals surface area contributed by atoms with Crippen LogP contribution in [0.2, 0.25) is 0 Å². The summed E-state index contributed by atoms with van der Waals surface area (Å²) in [6.07, 6.45) is 1.53. The smallest absolute Gasteiger partial charge is 0.307 e. The van der Waals surface area contributed by atoms with Crippen LogP contribution in [0.5, 0.6) is 11.5 Å². The van der Waals surface area contributed by atoms with Gasteiger partial charge in [0, 0.05) is 5.39 Å². The van der Waals surface area contributed by atoms with Gasteiger partial charge in [-0.15, -0.1) is 0 Å². The van der Waals surface area contributed by atoms with Crippen molar-refractivity contribution >= 4 is 23.1 Å². The van der Waals surface area contributed by atoms with E-state index in [0.29, 0.717) is 23.7 Å². The first-order valence-corrected chi connectivity index (χ1v) is 9.39. The van der Waals surface area contributed by atoms with E-state index in [2.05, 4.69) is 10.5 Å². The van der Waals surface area contributed by atoms with Crippen molar-refractivity contribution in [1.82, 2.24) is 5.43 Å². The monoisotopic (exact) mass is 400 g/mol. The van der Waals surface area contributed by atoms with Crippen molar-refractivity contribution in [3.8, 4) is 11.5 Å². The number of furan rings is 1. The zero-order valence-corrected chi connectivity index (χ0v) is 16.4. The van der Waals surface area contributed by atoms with E-state index in [9.17, 15) is 4.79 Å². The van der Waals surface area contributed by atoms with Crippen molar-refractivity contribution in [3.63, 3.8) is 0 Å². The highest BCUT2D eigenvalue weighted by Crippen LogP contribution is 2.28. The first kappa shape index (κ1) is 19.3. The van der Waals surface area contributed by atoms with E-state index in [1.54, 1.807) is 19.2 Å². The molecule has 0 aliphatic carbocycles. The summed E-state index contributed by atoms with van der Waals surface area (Å²) in [6, 6.07) is 24.4. The molecule has 1 aromatic heterocycles. The fourth-order valence-electron chi connectivity index (χ4n) is 2.93. The number of hydrogen-bond donors (Lipinski definition) is 1. The number of fused-ring (bicyclic) bond motifs is 1. The molecule has 150 valence electrons. The molecule has 0 saturated heterocycles. The average molecular weight is 400 g/mol. The van der Waals surface area contributed by atoms with Crippen LogP contribution in [0, 0.1) is 0 Å². The molecule has 0 fully saturated rings. The maximum atomic E-state index is 12.2. The summed E-state index contributed by atoms with van der Waals surface area (Å²) < 4.78 is 16.8. The summed E-state index contributed by atoms with van der Waals surface area (Å²) in [7, 11) is 1.58. The first-order valence-electron chi connectivity index (χ1n) is 9.39. The molecule has 0 saturated carbocycles. The van der Waals surface area contributed by atoms with Crippen LogP contribution in [0.1, 0.15) is 21.7 Å². The lowest BCUT2D eigenvalue weighted by Gasteiger charge is -2.11. The van der Waals surface area contributed by atoms with E-state index in [0.717, 1.165) is 16.5 Å². The lowest BCUT2D eigenvalue weighted by Crippen LogP contribution is -2.16. The number of hydrazone groups is 1. The van der Waals surface area contributed by atoms with Crippen LogP contribution in [0.3, 0.4) is 0 Å². The zero-order chi connectivity index (χ0) is 20.8. The van der Waals surface area contributed by atoms with Crippen molar-refractivity contribution in [3.05, 3.63) is 95.7 Å². The van der Waals surface area contributed by atoms with Gasteiger partial charge in [0.25, 0.3) is 0 Å². The second-order valence-electron chi connectivity index (χ2n) is 6.53. The first-order chi connectivity index (χ1) is 14.7. The minimum absolute atomic E-state index is 0.204. The van der Waals surface area contributed by atoms with Gasteiger partial charge in [-0.05, 0) is 41.5 Å². The number of rotatable bonds is 7. The van der Waals surface area contributed by atoms with Crippen LogP contribution in [-0.2, 0) is 6.61 Å². The fraction of sp³-hybridized carbons (Fsp3) is 0.0833. The van der Waals surface area contributed by atoms with Crippen molar-refractivity contribution in [1.29, 1.82) is 0 Å². The number of carbonyl (C=O) groups is 1. The number of ether oxygens (including phenoxy) is 2. The summed E-state index contributed by atoms with van der Waals surface area (Å²) >= 11 is 0. The molecule has 4 rings (SSSR count). The summed E-state index contributed by atoms with van der Waals surface area (Å²) in [4.78, 5) is 12.2. The molecule has 1 N–H and O–H groups in total. The van der Waals surface area contributed by atoms with Gasteiger partial charge in [0.1, 0.15) is 12.2 Å². The van der Waals surface area contributed by atoms with Gasteiger partial charge in [-0.2, -0.15) is 5.10 Å². The van der Waals surface area contributed by atoms with Gasteiger partial charge >= 0.3 is 5.91 Å². The van der Waals surface area contributed by atoms with E-state index in [1.807, 2.05) is 66.7 Å². The van der Waals surface area contributed by atoms with E-state index in [-0.39, 0.29) is 5.76 Å². The number of nitrogens with one attached hydrogen (secondary N) is 1. The Hall–Kier alpha value is -4.06. The molecular weight excluding hydrogens is 380 g/mol. The molecule has 6 heteroatoms. The van der Waals surface area contributed by atoms with Gasteiger partial charge in [0.2, 0.25) is 0 Å². The van der Waals surface area contributed by atoms with Gasteiger partial charge in [0.05, 0.1) is 13.3 Å². The molecular formula is C24H20N2O4. The lowest BCUT2D eigenvalue weighted by atomic mass is 10.2. The van der Waals surface area contributed by atoms with Crippen LogP contribution >= 0.6 is 0 Å². The molecule has 3 aromatic carbocycles. The van der Waals surface area contributed by atoms with Gasteiger partial charge in [-0.25, -0.2) is 5.43 Å². The number of amides is 1. The quantitative estimate of drug-likeness (QED) is 0.358. The van der Waals surface area contributed by atoms with Crippen LogP contribution in [-0.4, -0.2) is 19.2 Å². The summed E-state index contributed by atoms with van der Waals surface area (Å²) in [5.74, 6) is 0.996. The van der Waals surface area contributed by atoms with Crippen molar-refractivity contribution in [2.45, 2.75) is 6.61 Å². The van der Waals surface area contributed by atoms with E-state index in [4.69, 9.17) is 13.9 Å². The summed E-state index contributed by atoms with van der Waals surface area (Å²) in [5.41, 5.74) is 4.95. The number of carbonyl (C=O) groups excluding carboxylic acids is 1. The van der Waals surface area contributed by atoms with Gasteiger partial charge < -0.3 is 13.9 Å². The van der Waals surface area contributed by atoms with Gasteiger partial charge in [0.15, 0.2) is 17.3 Å². The molecule has 0 atom stereocenters. The zero-order valence-electron chi connectivity index (χ0n) is 16.4. The minimum Gasteiger partial charge on any atom is -0.493 e. The molecule has 0 unspecified atom stereocenters. The van der Waals surface area contributed by atoms with E-state index >= 15 is 0 Å². The third-order valence-electron chi connectivity index (χ3n) is 4.45. The van der Waals surface area contributed by atoms with E-state index in [1.165, 1.54) is 6.21 Å². The Bertz CT molecular complexity index is 1150. The Morgan fingerprint density at radius 1 is 1.00 bits per heavy atom. The third kappa shape index (κ3) is 4.50. The molecule has 0 aliphatic heterocycles. The Kier molecular flexibility index (Phi) is 5.75. The topological polar surface area (TPSA) is 73.1 Å². The predicted molar refractivity (Wildman–Crippen MR) is 115 cm³/mol. The van der Waals surface area contributed by atoms with Crippen LogP contribution < -0.4 is 14.9 Å². The second-order valence-corrected chi connectivity index (χ2v) is 6.53. The Labute approximate surface area is 173 Å². The maximum absolute atomic E-state index is 12.2. The molecule has 0 radical (unpaired) electrons. The highest BCUT2D eigenvalue weighted by molar-refractivity contribution is 5.96. The number of nitrogens with zero attached hydrogens (tertiary/aromatic N) is 1. The molecule has 1 heterocycles. The number of para-hydroxylation sites is 1. The minimum atomic E-state index is -0.419. The molecule has 4 aromatic rings. The molecule has 6 nitrogen and oxygen atoms in total. The summed E-state index contributed by atoms with van der Waals surface area (Å²) in [5, 5.41) is 4.87. The Morgan fingerprint density at radius 2 is 1.80 bits per heavy atom. The molecule has 0 aliphatic rings. The highest BCUT2D eigenvalue weighted by Gasteiger charge is 2.11. The second kappa shape index (κ2) is 8.96. The number of benzene rings is 3. The van der Waals surface area contributed by atoms with Gasteiger partial charge in [-0.3, -0.25) is 4.79 Å². The molecule has 0 bridgehead atoms. The fourth-order valence-corrected chi connectivity index (χ4v) is 2.93. The highest BCUT2D eigenvalue weighted by atomic mass is 16.5. The van der Waals surface area contributed by atoms with Crippen molar-refractivity contribution in [2.24, 2.45) is 5.10 Å². The van der Waals surface area contributed by atoms with Crippen LogP contribution in [0.15, 0.2) is 88.4 Å². The van der Waals surface area contributed by atoms with Crippen molar-refractivity contribution in [2.75, 3.05) is 7.11 Å². The van der Waals surface area contributed by atoms with Crippen LogP contribution in [0.4, 0.5) is 0 Å². The number of methoxy groups -OCH3 is 1.